The highest BCUT2D eigenvalue weighted by atomic mass is 16.5. The molecule has 108 valence electrons. The van der Waals surface area contributed by atoms with Crippen molar-refractivity contribution in [3.05, 3.63) is 29.8 Å². The van der Waals surface area contributed by atoms with Crippen LogP contribution in [0.3, 0.4) is 0 Å². The molecule has 1 saturated carbocycles. The number of aliphatic hydroxyl groups excluding tert-OH is 1. The summed E-state index contributed by atoms with van der Waals surface area (Å²) in [6.07, 6.45) is -0.620. The van der Waals surface area contributed by atoms with E-state index in [0.717, 1.165) is 5.56 Å². The minimum absolute atomic E-state index is 0.216. The van der Waals surface area contributed by atoms with Crippen molar-refractivity contribution in [2.45, 2.75) is 31.4 Å². The van der Waals surface area contributed by atoms with Gasteiger partial charge < -0.3 is 20.3 Å². The largest absolute Gasteiger partial charge is 0.490 e. The Hall–Kier alpha value is -2.08. The van der Waals surface area contributed by atoms with E-state index in [1.54, 1.807) is 12.1 Å². The second-order valence-corrected chi connectivity index (χ2v) is 4.97. The summed E-state index contributed by atoms with van der Waals surface area (Å²) in [6.45, 7) is 1.64. The van der Waals surface area contributed by atoms with Crippen LogP contribution in [0.2, 0.25) is 0 Å². The zero-order valence-corrected chi connectivity index (χ0v) is 11.1. The number of carboxylic acids is 1. The van der Waals surface area contributed by atoms with Crippen LogP contribution in [-0.4, -0.2) is 40.3 Å². The van der Waals surface area contributed by atoms with E-state index < -0.39 is 23.5 Å². The number of aliphatic carboxylic acids is 1. The number of benzene rings is 1. The lowest BCUT2D eigenvalue weighted by molar-refractivity contribution is -0.145. The molecule has 3 N–H and O–H groups in total. The first-order valence-corrected chi connectivity index (χ1v) is 6.36. The first-order valence-electron chi connectivity index (χ1n) is 6.36. The molecular formula is C14H17NO5. The number of carbonyl (C=O) groups is 2. The van der Waals surface area contributed by atoms with Gasteiger partial charge in [-0.05, 0) is 31.4 Å². The highest BCUT2D eigenvalue weighted by molar-refractivity contribution is 5.91. The maximum Gasteiger partial charge on any atom is 0.329 e. The van der Waals surface area contributed by atoms with Gasteiger partial charge in [-0.3, -0.25) is 4.79 Å². The lowest BCUT2D eigenvalue weighted by Gasteiger charge is -2.17. The van der Waals surface area contributed by atoms with Crippen molar-refractivity contribution in [2.24, 2.45) is 0 Å². The number of carbonyl (C=O) groups excluding carboxylic acids is 1. The van der Waals surface area contributed by atoms with E-state index in [4.69, 9.17) is 9.84 Å². The molecule has 0 aliphatic heterocycles. The van der Waals surface area contributed by atoms with Gasteiger partial charge in [0.15, 0.2) is 6.10 Å². The van der Waals surface area contributed by atoms with Crippen molar-refractivity contribution in [1.29, 1.82) is 0 Å². The van der Waals surface area contributed by atoms with Gasteiger partial charge in [0.2, 0.25) is 0 Å². The second kappa shape index (κ2) is 5.50. The van der Waals surface area contributed by atoms with Crippen molar-refractivity contribution < 1.29 is 24.5 Å². The normalized spacial score (nSPS) is 17.1. The van der Waals surface area contributed by atoms with E-state index in [2.05, 4.69) is 5.32 Å². The Morgan fingerprint density at radius 2 is 2.05 bits per heavy atom. The summed E-state index contributed by atoms with van der Waals surface area (Å²) in [5.74, 6) is -1.21. The number of para-hydroxylation sites is 1. The number of nitrogens with one attached hydrogen (secondary N) is 1. The summed E-state index contributed by atoms with van der Waals surface area (Å²) in [4.78, 5) is 22.6. The molecular weight excluding hydrogens is 262 g/mol. The molecule has 20 heavy (non-hydrogen) atoms. The van der Waals surface area contributed by atoms with Gasteiger partial charge in [0.25, 0.3) is 5.91 Å². The molecule has 1 amide bonds. The van der Waals surface area contributed by atoms with Crippen LogP contribution in [0.4, 0.5) is 0 Å². The fraction of sp³-hybridized carbons (Fsp3) is 0.429. The molecule has 6 heteroatoms. The van der Waals surface area contributed by atoms with Crippen molar-refractivity contribution in [3.63, 3.8) is 0 Å². The molecule has 0 saturated heterocycles. The molecule has 0 aromatic heterocycles. The molecule has 1 atom stereocenters. The number of hydrogen-bond acceptors (Lipinski definition) is 4. The van der Waals surface area contributed by atoms with Crippen LogP contribution in [0.15, 0.2) is 24.3 Å². The van der Waals surface area contributed by atoms with Gasteiger partial charge in [-0.25, -0.2) is 4.79 Å². The van der Waals surface area contributed by atoms with E-state index in [-0.39, 0.29) is 6.61 Å². The van der Waals surface area contributed by atoms with Crippen LogP contribution in [0, 0.1) is 6.92 Å². The number of aryl methyl sites for hydroxylation is 1. The molecule has 0 spiro atoms. The first kappa shape index (κ1) is 14.3. The summed E-state index contributed by atoms with van der Waals surface area (Å²) >= 11 is 0. The zero-order chi connectivity index (χ0) is 14.8. The third-order valence-corrected chi connectivity index (χ3v) is 3.31. The average molecular weight is 279 g/mol. The number of rotatable bonds is 6. The quantitative estimate of drug-likeness (QED) is 0.703. The van der Waals surface area contributed by atoms with Gasteiger partial charge in [0.1, 0.15) is 17.9 Å². The maximum absolute atomic E-state index is 11.7. The summed E-state index contributed by atoms with van der Waals surface area (Å²) in [7, 11) is 0. The van der Waals surface area contributed by atoms with E-state index in [9.17, 15) is 14.7 Å². The minimum Gasteiger partial charge on any atom is -0.490 e. The zero-order valence-electron chi connectivity index (χ0n) is 11.1. The highest BCUT2D eigenvalue weighted by Crippen LogP contribution is 2.35. The Morgan fingerprint density at radius 1 is 1.40 bits per heavy atom. The minimum atomic E-state index is -1.40. The SMILES string of the molecule is Cc1ccccc1OCC(O)C(=O)NC1(C(=O)O)CC1. The second-order valence-electron chi connectivity index (χ2n) is 4.97. The lowest BCUT2D eigenvalue weighted by Crippen LogP contribution is -2.48. The standard InChI is InChI=1S/C14H17NO5/c1-9-4-2-3-5-11(9)20-8-10(16)12(17)15-14(6-7-14)13(18)19/h2-5,10,16H,6-8H2,1H3,(H,15,17)(H,18,19). The van der Waals surface area contributed by atoms with Crippen molar-refractivity contribution in [2.75, 3.05) is 6.61 Å². The third-order valence-electron chi connectivity index (χ3n) is 3.31. The predicted molar refractivity (Wildman–Crippen MR) is 70.4 cm³/mol. The molecule has 0 radical (unpaired) electrons. The molecule has 6 nitrogen and oxygen atoms in total. The summed E-state index contributed by atoms with van der Waals surface area (Å²) in [6, 6.07) is 7.23. The number of hydrogen-bond donors (Lipinski definition) is 3. The number of aliphatic hydroxyl groups is 1. The molecule has 1 aromatic carbocycles. The van der Waals surface area contributed by atoms with Crippen molar-refractivity contribution >= 4 is 11.9 Å². The first-order chi connectivity index (χ1) is 9.44. The third kappa shape index (κ3) is 3.08. The number of amides is 1. The highest BCUT2D eigenvalue weighted by Gasteiger charge is 2.52. The summed E-state index contributed by atoms with van der Waals surface area (Å²) in [5.41, 5.74) is -0.301. The van der Waals surface area contributed by atoms with Crippen LogP contribution >= 0.6 is 0 Å². The van der Waals surface area contributed by atoms with E-state index in [0.29, 0.717) is 18.6 Å². The van der Waals surface area contributed by atoms with Crippen LogP contribution in [0.25, 0.3) is 0 Å². The summed E-state index contributed by atoms with van der Waals surface area (Å²) < 4.78 is 5.36. The fourth-order valence-corrected chi connectivity index (χ4v) is 1.80. The van der Waals surface area contributed by atoms with Crippen LogP contribution in [0.1, 0.15) is 18.4 Å². The van der Waals surface area contributed by atoms with E-state index in [1.165, 1.54) is 0 Å². The van der Waals surface area contributed by atoms with Gasteiger partial charge >= 0.3 is 5.97 Å². The Bertz CT molecular complexity index is 524. The smallest absolute Gasteiger partial charge is 0.329 e. The molecule has 1 fully saturated rings. The molecule has 1 aliphatic rings. The molecule has 1 aliphatic carbocycles. The van der Waals surface area contributed by atoms with Gasteiger partial charge in [0.05, 0.1) is 0 Å². The Balaban J connectivity index is 1.86. The van der Waals surface area contributed by atoms with Crippen molar-refractivity contribution in [1.82, 2.24) is 5.32 Å². The average Bonchev–Trinajstić information content (AvgIpc) is 3.18. The molecule has 1 aromatic rings. The van der Waals surface area contributed by atoms with Crippen molar-refractivity contribution in [3.8, 4) is 5.75 Å². The van der Waals surface area contributed by atoms with E-state index in [1.807, 2.05) is 19.1 Å². The molecule has 0 bridgehead atoms. The molecule has 1 unspecified atom stereocenters. The summed E-state index contributed by atoms with van der Waals surface area (Å²) in [5, 5.41) is 21.0. The van der Waals surface area contributed by atoms with Crippen LogP contribution < -0.4 is 10.1 Å². The van der Waals surface area contributed by atoms with Crippen LogP contribution in [-0.2, 0) is 9.59 Å². The maximum atomic E-state index is 11.7. The Morgan fingerprint density at radius 3 is 2.60 bits per heavy atom. The monoisotopic (exact) mass is 279 g/mol. The van der Waals surface area contributed by atoms with Gasteiger partial charge in [0, 0.05) is 0 Å². The topological polar surface area (TPSA) is 95.9 Å². The van der Waals surface area contributed by atoms with Gasteiger partial charge in [-0.1, -0.05) is 18.2 Å². The van der Waals surface area contributed by atoms with Gasteiger partial charge in [-0.15, -0.1) is 0 Å². The predicted octanol–water partition coefficient (Wildman–Crippen LogP) is 0.468. The number of ether oxygens (including phenoxy) is 1. The Labute approximate surface area is 116 Å². The van der Waals surface area contributed by atoms with Gasteiger partial charge in [-0.2, -0.15) is 0 Å². The van der Waals surface area contributed by atoms with E-state index >= 15 is 0 Å². The number of carboxylic acid groups (broad SMARTS) is 1. The molecule has 0 heterocycles. The molecule has 2 rings (SSSR count). The fourth-order valence-electron chi connectivity index (χ4n) is 1.80. The lowest BCUT2D eigenvalue weighted by atomic mass is 10.2. The Kier molecular flexibility index (Phi) is 3.94. The van der Waals surface area contributed by atoms with Crippen LogP contribution in [0.5, 0.6) is 5.75 Å².